The Morgan fingerprint density at radius 3 is 2.84 bits per heavy atom. The van der Waals surface area contributed by atoms with E-state index in [0.29, 0.717) is 9.50 Å². The number of hydrogen-bond acceptors (Lipinski definition) is 3. The van der Waals surface area contributed by atoms with Crippen molar-refractivity contribution < 1.29 is 14.6 Å². The minimum absolute atomic E-state index is 0.00132. The van der Waals surface area contributed by atoms with Gasteiger partial charge in [0.05, 0.1) is 0 Å². The first-order valence-electron chi connectivity index (χ1n) is 5.33. The second-order valence-electron chi connectivity index (χ2n) is 3.69. The highest BCUT2D eigenvalue weighted by atomic mass is 79.9. The topological polar surface area (TPSA) is 59.4 Å². The van der Waals surface area contributed by atoms with Crippen LogP contribution in [0.2, 0.25) is 5.02 Å². The van der Waals surface area contributed by atoms with E-state index in [-0.39, 0.29) is 18.1 Å². The van der Waals surface area contributed by atoms with Crippen LogP contribution in [-0.4, -0.2) is 16.1 Å². The number of hydrogen-bond donors (Lipinski definition) is 1. The third-order valence-corrected chi connectivity index (χ3v) is 3.17. The molecular formula is C13H9BrClNO3. The van der Waals surface area contributed by atoms with Crippen molar-refractivity contribution in [2.45, 2.75) is 6.61 Å². The summed E-state index contributed by atoms with van der Waals surface area (Å²) in [4.78, 5) is 15.0. The molecule has 0 atom stereocenters. The predicted molar refractivity (Wildman–Crippen MR) is 74.7 cm³/mol. The summed E-state index contributed by atoms with van der Waals surface area (Å²) in [7, 11) is 0. The van der Waals surface area contributed by atoms with Crippen LogP contribution in [0, 0.1) is 0 Å². The lowest BCUT2D eigenvalue weighted by atomic mass is 10.2. The number of carbonyl (C=O) groups is 1. The van der Waals surface area contributed by atoms with E-state index in [2.05, 4.69) is 20.9 Å². The van der Waals surface area contributed by atoms with Crippen LogP contribution in [0.25, 0.3) is 0 Å². The molecule has 0 spiro atoms. The van der Waals surface area contributed by atoms with E-state index >= 15 is 0 Å². The Hall–Kier alpha value is -1.59. The molecule has 1 aromatic heterocycles. The summed E-state index contributed by atoms with van der Waals surface area (Å²) < 4.78 is 6.00. The van der Waals surface area contributed by atoms with Crippen LogP contribution in [0.5, 0.6) is 5.88 Å². The van der Waals surface area contributed by atoms with Crippen molar-refractivity contribution >= 4 is 33.5 Å². The molecule has 2 rings (SSSR count). The van der Waals surface area contributed by atoms with Crippen LogP contribution in [0.1, 0.15) is 15.9 Å². The fourth-order valence-corrected chi connectivity index (χ4v) is 1.98. The molecule has 0 radical (unpaired) electrons. The summed E-state index contributed by atoms with van der Waals surface area (Å²) >= 11 is 9.16. The average molecular weight is 343 g/mol. The molecule has 0 fully saturated rings. The largest absolute Gasteiger partial charge is 0.477 e. The van der Waals surface area contributed by atoms with Crippen LogP contribution in [0.15, 0.2) is 41.0 Å². The number of halogens is 2. The minimum atomic E-state index is -1.09. The summed E-state index contributed by atoms with van der Waals surface area (Å²) in [5, 5.41) is 9.64. The molecule has 4 nitrogen and oxygen atoms in total. The van der Waals surface area contributed by atoms with Gasteiger partial charge in [0.1, 0.15) is 12.2 Å². The predicted octanol–water partition coefficient (Wildman–Crippen LogP) is 3.77. The quantitative estimate of drug-likeness (QED) is 0.918. The molecule has 0 saturated carbocycles. The Kier molecular flexibility index (Phi) is 4.39. The van der Waals surface area contributed by atoms with Crippen molar-refractivity contribution in [3.8, 4) is 5.88 Å². The molecule has 0 aliphatic heterocycles. The van der Waals surface area contributed by atoms with Crippen molar-refractivity contribution in [1.29, 1.82) is 0 Å². The van der Waals surface area contributed by atoms with Crippen molar-refractivity contribution in [2.24, 2.45) is 0 Å². The van der Waals surface area contributed by atoms with E-state index in [1.807, 2.05) is 18.2 Å². The van der Waals surface area contributed by atoms with Gasteiger partial charge in [-0.05, 0) is 28.1 Å². The van der Waals surface area contributed by atoms with Crippen molar-refractivity contribution in [1.82, 2.24) is 4.98 Å². The third-order valence-electron chi connectivity index (χ3n) is 2.37. The fraction of sp³-hybridized carbons (Fsp3) is 0.0769. The van der Waals surface area contributed by atoms with Gasteiger partial charge in [-0.2, -0.15) is 0 Å². The van der Waals surface area contributed by atoms with Crippen molar-refractivity contribution in [3.05, 3.63) is 57.2 Å². The lowest BCUT2D eigenvalue weighted by Gasteiger charge is -2.09. The van der Waals surface area contributed by atoms with E-state index in [0.717, 1.165) is 5.56 Å². The zero-order valence-corrected chi connectivity index (χ0v) is 12.0. The molecule has 19 heavy (non-hydrogen) atoms. The first-order chi connectivity index (χ1) is 9.08. The molecule has 0 saturated heterocycles. The third kappa shape index (κ3) is 3.45. The molecule has 0 aliphatic carbocycles. The average Bonchev–Trinajstić information content (AvgIpc) is 2.38. The van der Waals surface area contributed by atoms with E-state index < -0.39 is 5.97 Å². The smallest absolute Gasteiger partial charge is 0.341 e. The molecule has 0 unspecified atom stereocenters. The highest BCUT2D eigenvalue weighted by Crippen LogP contribution is 2.22. The summed E-state index contributed by atoms with van der Waals surface area (Å²) in [6, 6.07) is 8.64. The van der Waals surface area contributed by atoms with Gasteiger partial charge in [-0.1, -0.05) is 29.8 Å². The standard InChI is InChI=1S/C13H9BrClNO3/c14-9-5-10(13(17)18)12(16-6-9)19-7-8-3-1-2-4-11(8)15/h1-6H,7H2,(H,17,18). The van der Waals surface area contributed by atoms with Crippen molar-refractivity contribution in [3.63, 3.8) is 0 Å². The van der Waals surface area contributed by atoms with Crippen LogP contribution in [0.4, 0.5) is 0 Å². The van der Waals surface area contributed by atoms with Gasteiger partial charge in [-0.3, -0.25) is 0 Å². The molecule has 98 valence electrons. The summed E-state index contributed by atoms with van der Waals surface area (Å²) in [5.74, 6) is -1.03. The highest BCUT2D eigenvalue weighted by Gasteiger charge is 2.14. The molecule has 1 heterocycles. The Morgan fingerprint density at radius 2 is 2.16 bits per heavy atom. The molecule has 0 amide bonds. The number of benzene rings is 1. The maximum absolute atomic E-state index is 11.1. The van der Waals surface area contributed by atoms with Gasteiger partial charge >= 0.3 is 5.97 Å². The molecule has 1 N–H and O–H groups in total. The first-order valence-corrected chi connectivity index (χ1v) is 6.50. The van der Waals surface area contributed by atoms with Gasteiger partial charge in [0.25, 0.3) is 0 Å². The Labute approximate surface area is 123 Å². The maximum atomic E-state index is 11.1. The number of pyridine rings is 1. The number of aromatic nitrogens is 1. The molecule has 1 aromatic carbocycles. The lowest BCUT2D eigenvalue weighted by Crippen LogP contribution is -2.05. The Morgan fingerprint density at radius 1 is 1.42 bits per heavy atom. The number of aromatic carboxylic acids is 1. The zero-order valence-electron chi connectivity index (χ0n) is 9.64. The Balaban J connectivity index is 2.20. The van der Waals surface area contributed by atoms with Crippen molar-refractivity contribution in [2.75, 3.05) is 0 Å². The lowest BCUT2D eigenvalue weighted by molar-refractivity contribution is 0.0690. The number of ether oxygens (including phenoxy) is 1. The summed E-state index contributed by atoms with van der Waals surface area (Å²) in [5.41, 5.74) is 0.770. The number of nitrogens with zero attached hydrogens (tertiary/aromatic N) is 1. The number of rotatable bonds is 4. The second kappa shape index (κ2) is 6.04. The van der Waals surface area contributed by atoms with Crippen LogP contribution >= 0.6 is 27.5 Å². The normalized spacial score (nSPS) is 10.2. The van der Waals surface area contributed by atoms with Crippen LogP contribution in [-0.2, 0) is 6.61 Å². The minimum Gasteiger partial charge on any atom is -0.477 e. The van der Waals surface area contributed by atoms with E-state index in [9.17, 15) is 4.79 Å². The van der Waals surface area contributed by atoms with Crippen LogP contribution < -0.4 is 4.74 Å². The van der Waals surface area contributed by atoms with Gasteiger partial charge in [-0.15, -0.1) is 0 Å². The van der Waals surface area contributed by atoms with E-state index in [1.54, 1.807) is 6.07 Å². The van der Waals surface area contributed by atoms with E-state index in [1.165, 1.54) is 12.3 Å². The van der Waals surface area contributed by atoms with Gasteiger partial charge < -0.3 is 9.84 Å². The van der Waals surface area contributed by atoms with Gasteiger partial charge in [-0.25, -0.2) is 9.78 Å². The molecular weight excluding hydrogens is 334 g/mol. The monoisotopic (exact) mass is 341 g/mol. The molecule has 6 heteroatoms. The SMILES string of the molecule is O=C(O)c1cc(Br)cnc1OCc1ccccc1Cl. The molecule has 0 bridgehead atoms. The number of carboxylic acids is 1. The second-order valence-corrected chi connectivity index (χ2v) is 5.01. The van der Waals surface area contributed by atoms with Crippen LogP contribution in [0.3, 0.4) is 0 Å². The first kappa shape index (κ1) is 13.8. The van der Waals surface area contributed by atoms with E-state index in [4.69, 9.17) is 21.4 Å². The zero-order chi connectivity index (χ0) is 13.8. The van der Waals surface area contributed by atoms with Gasteiger partial charge in [0.15, 0.2) is 0 Å². The fourth-order valence-electron chi connectivity index (χ4n) is 1.46. The van der Waals surface area contributed by atoms with Gasteiger partial charge in [0, 0.05) is 21.3 Å². The number of carboxylic acid groups (broad SMARTS) is 1. The summed E-state index contributed by atoms with van der Waals surface area (Å²) in [6.07, 6.45) is 1.48. The Bertz CT molecular complexity index is 619. The van der Waals surface area contributed by atoms with Gasteiger partial charge in [0.2, 0.25) is 5.88 Å². The molecule has 2 aromatic rings. The maximum Gasteiger partial charge on any atom is 0.341 e. The highest BCUT2D eigenvalue weighted by molar-refractivity contribution is 9.10. The molecule has 0 aliphatic rings. The summed E-state index contributed by atoms with van der Waals surface area (Å²) in [6.45, 7) is 0.161.